The van der Waals surface area contributed by atoms with Gasteiger partial charge in [-0.3, -0.25) is 4.99 Å². The van der Waals surface area contributed by atoms with E-state index in [1.807, 2.05) is 11.8 Å². The van der Waals surface area contributed by atoms with E-state index in [4.69, 9.17) is 0 Å². The molecule has 4 heteroatoms. The van der Waals surface area contributed by atoms with Gasteiger partial charge in [-0.15, -0.1) is 0 Å². The Labute approximate surface area is 103 Å². The van der Waals surface area contributed by atoms with E-state index in [2.05, 4.69) is 22.1 Å². The Bertz CT molecular complexity index is 236. The number of piperidine rings is 1. The van der Waals surface area contributed by atoms with E-state index < -0.39 is 0 Å². The third-order valence-corrected chi connectivity index (χ3v) is 4.49. The van der Waals surface area contributed by atoms with E-state index in [-0.39, 0.29) is 0 Å². The van der Waals surface area contributed by atoms with Crippen LogP contribution >= 0.6 is 11.8 Å². The molecule has 0 spiro atoms. The maximum absolute atomic E-state index is 4.54. The smallest absolute Gasteiger partial charge is 0.156 e. The van der Waals surface area contributed by atoms with Gasteiger partial charge in [0, 0.05) is 25.4 Å². The standard InChI is InChI=1S/C12H23N3S/c1-11-9-14-12(16-10-11)13-5-8-15-6-3-2-4-7-15/h11H,2-10H2,1H3,(H,13,14). The van der Waals surface area contributed by atoms with Gasteiger partial charge in [0.1, 0.15) is 0 Å². The second-order valence-corrected chi connectivity index (χ2v) is 5.90. The van der Waals surface area contributed by atoms with Gasteiger partial charge in [0.2, 0.25) is 0 Å². The maximum atomic E-state index is 4.54. The molecule has 0 aliphatic carbocycles. The number of nitrogens with one attached hydrogen (secondary N) is 1. The van der Waals surface area contributed by atoms with E-state index in [0.717, 1.165) is 24.2 Å². The molecule has 1 atom stereocenters. The van der Waals surface area contributed by atoms with E-state index in [1.165, 1.54) is 44.6 Å². The number of nitrogens with zero attached hydrogens (tertiary/aromatic N) is 2. The highest BCUT2D eigenvalue weighted by molar-refractivity contribution is 8.13. The third-order valence-electron chi connectivity index (χ3n) is 3.20. The van der Waals surface area contributed by atoms with Crippen LogP contribution in [0.25, 0.3) is 0 Å². The van der Waals surface area contributed by atoms with Gasteiger partial charge in [-0.25, -0.2) is 0 Å². The number of hydrogen-bond acceptors (Lipinski definition) is 4. The zero-order chi connectivity index (χ0) is 11.2. The second-order valence-electron chi connectivity index (χ2n) is 4.89. The molecule has 0 aromatic rings. The molecule has 2 aliphatic heterocycles. The van der Waals surface area contributed by atoms with Gasteiger partial charge < -0.3 is 10.2 Å². The first-order valence-corrected chi connectivity index (χ1v) is 7.46. The van der Waals surface area contributed by atoms with E-state index in [0.29, 0.717) is 0 Å². The molecule has 16 heavy (non-hydrogen) atoms. The summed E-state index contributed by atoms with van der Waals surface area (Å²) in [5.41, 5.74) is 0. The number of aliphatic imine (C=N–C) groups is 1. The lowest BCUT2D eigenvalue weighted by Gasteiger charge is -2.27. The number of amidine groups is 1. The molecule has 0 aromatic heterocycles. The Morgan fingerprint density at radius 3 is 2.88 bits per heavy atom. The number of hydrogen-bond donors (Lipinski definition) is 1. The fraction of sp³-hybridized carbons (Fsp3) is 0.917. The van der Waals surface area contributed by atoms with Crippen LogP contribution in [0.5, 0.6) is 0 Å². The Morgan fingerprint density at radius 1 is 1.38 bits per heavy atom. The van der Waals surface area contributed by atoms with Crippen LogP contribution in [0.3, 0.4) is 0 Å². The van der Waals surface area contributed by atoms with Gasteiger partial charge in [0.05, 0.1) is 0 Å². The summed E-state index contributed by atoms with van der Waals surface area (Å²) >= 11 is 1.88. The molecule has 2 aliphatic rings. The minimum atomic E-state index is 0.748. The topological polar surface area (TPSA) is 27.6 Å². The molecule has 0 aromatic carbocycles. The Balaban J connectivity index is 1.60. The Hall–Kier alpha value is -0.220. The van der Waals surface area contributed by atoms with Crippen LogP contribution in [0.15, 0.2) is 4.99 Å². The SMILES string of the molecule is CC1CN=C(NCCN2CCCCC2)SC1. The summed E-state index contributed by atoms with van der Waals surface area (Å²) in [6, 6.07) is 0. The van der Waals surface area contributed by atoms with Crippen molar-refractivity contribution in [1.29, 1.82) is 0 Å². The first-order chi connectivity index (χ1) is 7.84. The average Bonchev–Trinajstić information content (AvgIpc) is 2.33. The van der Waals surface area contributed by atoms with Crippen LogP contribution in [0.1, 0.15) is 26.2 Å². The summed E-state index contributed by atoms with van der Waals surface area (Å²) in [5.74, 6) is 1.97. The van der Waals surface area contributed by atoms with Crippen molar-refractivity contribution in [3.8, 4) is 0 Å². The van der Waals surface area contributed by atoms with Crippen molar-refractivity contribution in [2.24, 2.45) is 10.9 Å². The quantitative estimate of drug-likeness (QED) is 0.816. The van der Waals surface area contributed by atoms with Crippen LogP contribution < -0.4 is 5.32 Å². The summed E-state index contributed by atoms with van der Waals surface area (Å²) in [6.45, 7) is 8.08. The molecule has 1 fully saturated rings. The van der Waals surface area contributed by atoms with Crippen molar-refractivity contribution >= 4 is 16.9 Å². The molecule has 0 radical (unpaired) electrons. The highest BCUT2D eigenvalue weighted by Gasteiger charge is 2.13. The molecule has 3 nitrogen and oxygen atoms in total. The van der Waals surface area contributed by atoms with E-state index in [9.17, 15) is 0 Å². The lowest BCUT2D eigenvalue weighted by Crippen LogP contribution is -2.37. The third kappa shape index (κ3) is 3.98. The van der Waals surface area contributed by atoms with Crippen molar-refractivity contribution in [3.05, 3.63) is 0 Å². The zero-order valence-corrected chi connectivity index (χ0v) is 11.1. The summed E-state index contributed by atoms with van der Waals surface area (Å²) in [6.07, 6.45) is 4.19. The molecule has 2 heterocycles. The molecule has 1 unspecified atom stereocenters. The molecule has 0 bridgehead atoms. The Kier molecular flexibility index (Phi) is 4.97. The predicted molar refractivity (Wildman–Crippen MR) is 72.2 cm³/mol. The highest BCUT2D eigenvalue weighted by atomic mass is 32.2. The van der Waals surface area contributed by atoms with Crippen LogP contribution in [-0.2, 0) is 0 Å². The lowest BCUT2D eigenvalue weighted by atomic mass is 10.1. The molecule has 2 rings (SSSR count). The minimum Gasteiger partial charge on any atom is -0.364 e. The van der Waals surface area contributed by atoms with Crippen molar-refractivity contribution in [1.82, 2.24) is 10.2 Å². The summed E-state index contributed by atoms with van der Waals surface area (Å²) in [4.78, 5) is 7.11. The van der Waals surface area contributed by atoms with Crippen molar-refractivity contribution in [3.63, 3.8) is 0 Å². The molecular weight excluding hydrogens is 218 g/mol. The van der Waals surface area contributed by atoms with Crippen LogP contribution in [0.4, 0.5) is 0 Å². The molecule has 1 saturated heterocycles. The number of likely N-dealkylation sites (tertiary alicyclic amines) is 1. The van der Waals surface area contributed by atoms with Gasteiger partial charge in [-0.1, -0.05) is 25.1 Å². The molecule has 0 amide bonds. The lowest BCUT2D eigenvalue weighted by molar-refractivity contribution is 0.232. The van der Waals surface area contributed by atoms with Crippen molar-refractivity contribution in [2.45, 2.75) is 26.2 Å². The van der Waals surface area contributed by atoms with Gasteiger partial charge in [-0.2, -0.15) is 0 Å². The molecule has 92 valence electrons. The van der Waals surface area contributed by atoms with Gasteiger partial charge >= 0.3 is 0 Å². The van der Waals surface area contributed by atoms with E-state index in [1.54, 1.807) is 0 Å². The average molecular weight is 241 g/mol. The monoisotopic (exact) mass is 241 g/mol. The first kappa shape index (κ1) is 12.2. The summed E-state index contributed by atoms with van der Waals surface area (Å²) in [7, 11) is 0. The molecule has 1 N–H and O–H groups in total. The zero-order valence-electron chi connectivity index (χ0n) is 10.2. The van der Waals surface area contributed by atoms with Gasteiger partial charge in [0.25, 0.3) is 0 Å². The van der Waals surface area contributed by atoms with Crippen LogP contribution in [-0.4, -0.2) is 48.5 Å². The maximum Gasteiger partial charge on any atom is 0.156 e. The van der Waals surface area contributed by atoms with Crippen LogP contribution in [0.2, 0.25) is 0 Å². The van der Waals surface area contributed by atoms with Crippen LogP contribution in [0, 0.1) is 5.92 Å². The molecule has 0 saturated carbocycles. The summed E-state index contributed by atoms with van der Waals surface area (Å²) in [5, 5.41) is 4.62. The summed E-state index contributed by atoms with van der Waals surface area (Å²) < 4.78 is 0. The first-order valence-electron chi connectivity index (χ1n) is 6.48. The number of rotatable bonds is 3. The van der Waals surface area contributed by atoms with E-state index >= 15 is 0 Å². The minimum absolute atomic E-state index is 0.748. The Morgan fingerprint density at radius 2 is 2.19 bits per heavy atom. The normalized spacial score (nSPS) is 27.6. The van der Waals surface area contributed by atoms with Crippen molar-refractivity contribution in [2.75, 3.05) is 38.5 Å². The fourth-order valence-corrected chi connectivity index (χ4v) is 3.09. The number of thioether (sulfide) groups is 1. The fourth-order valence-electron chi connectivity index (χ4n) is 2.17. The second kappa shape index (κ2) is 6.50. The van der Waals surface area contributed by atoms with Gasteiger partial charge in [-0.05, 0) is 31.8 Å². The van der Waals surface area contributed by atoms with Gasteiger partial charge in [0.15, 0.2) is 5.17 Å². The van der Waals surface area contributed by atoms with Crippen molar-refractivity contribution < 1.29 is 0 Å². The largest absolute Gasteiger partial charge is 0.364 e. The predicted octanol–water partition coefficient (Wildman–Crippen LogP) is 1.80. The highest BCUT2D eigenvalue weighted by Crippen LogP contribution is 2.15. The molecular formula is C12H23N3S.